The molecule has 5 aromatic heterocycles. The smallest absolute Gasteiger partial charge is 0.497 e. The maximum atomic E-state index is 6.54. The van der Waals surface area contributed by atoms with Crippen molar-refractivity contribution in [2.45, 2.75) is 26.2 Å². The van der Waals surface area contributed by atoms with Gasteiger partial charge in [0.2, 0.25) is 0 Å². The molecule has 0 aliphatic rings. The second-order valence-electron chi connectivity index (χ2n) is 13.2. The maximum absolute atomic E-state index is 6.54. The Morgan fingerprint density at radius 3 is 1.85 bits per heavy atom. The number of rotatable bonds is 2. The number of nitrogens with zero attached hydrogens (tertiary/aromatic N) is 5. The minimum Gasteiger partial charge on any atom is -0.497 e. The Hall–Kier alpha value is -5.35. The normalized spacial score (nSPS) is 12.3. The fourth-order valence-corrected chi connectivity index (χ4v) is 7.24. The van der Waals surface area contributed by atoms with Gasteiger partial charge in [0, 0.05) is 34.9 Å². The van der Waals surface area contributed by atoms with Gasteiger partial charge in [-0.25, -0.2) is 0 Å². The van der Waals surface area contributed by atoms with Gasteiger partial charge < -0.3 is 13.5 Å². The molecule has 0 spiro atoms. The van der Waals surface area contributed by atoms with Crippen LogP contribution >= 0.6 is 0 Å². The second-order valence-corrected chi connectivity index (χ2v) is 13.2. The average Bonchev–Trinajstić information content (AvgIpc) is 3.68. The molecular weight excluding hydrogens is 685 g/mol. The zero-order valence-corrected chi connectivity index (χ0v) is 27.9. The van der Waals surface area contributed by atoms with Crippen molar-refractivity contribution < 1.29 is 25.2 Å². The van der Waals surface area contributed by atoms with E-state index in [0.717, 1.165) is 71.2 Å². The molecule has 6 nitrogen and oxygen atoms in total. The third-order valence-electron chi connectivity index (χ3n) is 9.31. The van der Waals surface area contributed by atoms with Crippen LogP contribution in [0.4, 0.5) is 0 Å². The van der Waals surface area contributed by atoms with E-state index in [2.05, 4.69) is 101 Å². The van der Waals surface area contributed by atoms with Crippen molar-refractivity contribution in [3.8, 4) is 11.5 Å². The minimum absolute atomic E-state index is 0. The van der Waals surface area contributed by atoms with Crippen LogP contribution in [0.5, 0.6) is 11.5 Å². The Morgan fingerprint density at radius 1 is 0.583 bits per heavy atom. The Bertz CT molecular complexity index is 2930. The molecule has 10 aromatic rings. The van der Waals surface area contributed by atoms with Gasteiger partial charge >= 0.3 is 20.4 Å². The summed E-state index contributed by atoms with van der Waals surface area (Å²) in [4.78, 5) is 14.6. The predicted octanol–water partition coefficient (Wildman–Crippen LogP) is 9.98. The summed E-state index contributed by atoms with van der Waals surface area (Å²) in [7, 11) is 0. The summed E-state index contributed by atoms with van der Waals surface area (Å²) in [5, 5.41) is 6.11. The monoisotopic (exact) mass is 711 g/mol. The fraction of sp³-hybridized carbons (Fsp3) is 0.0976. The zero-order valence-electron chi connectivity index (χ0n) is 26.4. The quantitative estimate of drug-likeness (QED) is 0.102. The molecular formula is C41H27N5OPd. The molecule has 232 valence electrons. The van der Waals surface area contributed by atoms with Crippen molar-refractivity contribution in [3.05, 3.63) is 127 Å². The van der Waals surface area contributed by atoms with Crippen molar-refractivity contribution in [2.24, 2.45) is 0 Å². The van der Waals surface area contributed by atoms with Crippen LogP contribution in [0.15, 0.2) is 109 Å². The van der Waals surface area contributed by atoms with Crippen molar-refractivity contribution in [1.29, 1.82) is 0 Å². The average molecular weight is 712 g/mol. The van der Waals surface area contributed by atoms with E-state index in [1.54, 1.807) is 0 Å². The minimum atomic E-state index is -0.0579. The molecule has 7 heteroatoms. The number of imidazole rings is 2. The Morgan fingerprint density at radius 2 is 1.19 bits per heavy atom. The molecule has 0 saturated heterocycles. The van der Waals surface area contributed by atoms with Crippen molar-refractivity contribution in [2.75, 3.05) is 0 Å². The van der Waals surface area contributed by atoms with Crippen LogP contribution in [0.3, 0.4) is 0 Å². The summed E-state index contributed by atoms with van der Waals surface area (Å²) in [5.41, 5.74) is 9.15. The zero-order chi connectivity index (χ0) is 31.4. The molecule has 5 heterocycles. The summed E-state index contributed by atoms with van der Waals surface area (Å²) < 4.78 is 11.0. The van der Waals surface area contributed by atoms with Gasteiger partial charge in [0.1, 0.15) is 0 Å². The molecule has 5 aromatic carbocycles. The van der Waals surface area contributed by atoms with E-state index < -0.39 is 0 Å². The predicted molar refractivity (Wildman–Crippen MR) is 190 cm³/mol. The van der Waals surface area contributed by atoms with Crippen LogP contribution in [-0.4, -0.2) is 23.8 Å². The number of ether oxygens (including phenoxy) is 1. The van der Waals surface area contributed by atoms with E-state index >= 15 is 0 Å². The number of benzene rings is 5. The van der Waals surface area contributed by atoms with Gasteiger partial charge in [-0.2, -0.15) is 0 Å². The Kier molecular flexibility index (Phi) is 6.20. The molecule has 0 fully saturated rings. The first-order valence-corrected chi connectivity index (χ1v) is 15.8. The third kappa shape index (κ3) is 4.05. The molecule has 0 unspecified atom stereocenters. The molecule has 0 N–H and O–H groups in total. The summed E-state index contributed by atoms with van der Waals surface area (Å²) >= 11 is 0. The molecule has 0 atom stereocenters. The number of hydrogen-bond donors (Lipinski definition) is 0. The van der Waals surface area contributed by atoms with Crippen LogP contribution < -0.4 is 4.74 Å². The fourth-order valence-electron chi connectivity index (χ4n) is 7.24. The summed E-state index contributed by atoms with van der Waals surface area (Å²) in [5.74, 6) is 1.19. The van der Waals surface area contributed by atoms with Crippen molar-refractivity contribution in [3.63, 3.8) is 0 Å². The molecule has 48 heavy (non-hydrogen) atoms. The topological polar surface area (TPSA) is 56.7 Å². The number of aromatic nitrogens is 5. The molecule has 0 aliphatic carbocycles. The summed E-state index contributed by atoms with van der Waals surface area (Å²) in [6.07, 6.45) is 3.73. The Balaban J connectivity index is 0.00000314. The molecule has 0 saturated carbocycles. The second kappa shape index (κ2) is 10.3. The van der Waals surface area contributed by atoms with Crippen LogP contribution in [0.25, 0.3) is 76.7 Å². The van der Waals surface area contributed by atoms with E-state index in [0.29, 0.717) is 11.5 Å². The van der Waals surface area contributed by atoms with Gasteiger partial charge in [0.15, 0.2) is 0 Å². The number of hydrogen-bond acceptors (Lipinski definition) is 4. The van der Waals surface area contributed by atoms with Gasteiger partial charge in [-0.05, 0) is 52.1 Å². The number of fused-ring (bicyclic) bond motifs is 16. The van der Waals surface area contributed by atoms with Gasteiger partial charge in [-0.3, -0.25) is 15.0 Å². The van der Waals surface area contributed by atoms with Crippen LogP contribution in [0, 0.1) is 12.1 Å². The molecule has 0 bridgehead atoms. The standard InChI is InChI=1S/C41H27N5O.Pd/c1-41(2,3)32-10-8-9-28-26-17-15-24(21-29(26)40-44-34-12-5-7-14-37(34)46(40)38(28)32)47-25-16-18-27-30(22-25)39-43-33-11-4-6-13-36(33)45(39)35-19-20-42-23-31(27)35;/h4-20,23H,1-3H3;/q-2;+2. The molecule has 0 amide bonds. The largest absolute Gasteiger partial charge is 2.00 e. The van der Waals surface area contributed by atoms with Gasteiger partial charge in [-0.15, -0.1) is 12.1 Å². The summed E-state index contributed by atoms with van der Waals surface area (Å²) in [6.45, 7) is 6.79. The van der Waals surface area contributed by atoms with Crippen molar-refractivity contribution >= 4 is 76.7 Å². The van der Waals surface area contributed by atoms with E-state index in [-0.39, 0.29) is 25.8 Å². The number of para-hydroxylation sites is 5. The van der Waals surface area contributed by atoms with Gasteiger partial charge in [0.05, 0.1) is 33.4 Å². The summed E-state index contributed by atoms with van der Waals surface area (Å²) in [6, 6.07) is 40.5. The SMILES string of the molecule is CC(C)(C)c1cccc2c3ccc(Oc4[c-]c5c(cc4)c4cnccc4n4c6ccccc6nc54)[c-]c3c3nc4ccccc4n3c12.[Pd+2]. The molecule has 10 rings (SSSR count). The van der Waals surface area contributed by atoms with Crippen molar-refractivity contribution in [1.82, 2.24) is 23.8 Å². The van der Waals surface area contributed by atoms with E-state index in [9.17, 15) is 0 Å². The first kappa shape index (κ1) is 28.8. The number of pyridine rings is 3. The van der Waals surface area contributed by atoms with E-state index in [1.165, 1.54) is 11.1 Å². The van der Waals surface area contributed by atoms with E-state index in [1.807, 2.05) is 54.9 Å². The first-order chi connectivity index (χ1) is 22.9. The van der Waals surface area contributed by atoms with Crippen LogP contribution in [-0.2, 0) is 25.8 Å². The van der Waals surface area contributed by atoms with Gasteiger partial charge in [0.25, 0.3) is 0 Å². The Labute approximate surface area is 289 Å². The van der Waals surface area contributed by atoms with Crippen LogP contribution in [0.1, 0.15) is 26.3 Å². The molecule has 0 aliphatic heterocycles. The maximum Gasteiger partial charge on any atom is 2.00 e. The van der Waals surface area contributed by atoms with Crippen LogP contribution in [0.2, 0.25) is 0 Å². The third-order valence-corrected chi connectivity index (χ3v) is 9.31. The first-order valence-electron chi connectivity index (χ1n) is 15.8. The molecule has 0 radical (unpaired) electrons. The van der Waals surface area contributed by atoms with E-state index in [4.69, 9.17) is 14.7 Å². The van der Waals surface area contributed by atoms with Gasteiger partial charge in [-0.1, -0.05) is 109 Å².